The molecule has 0 saturated heterocycles. The van der Waals surface area contributed by atoms with Gasteiger partial charge in [0.1, 0.15) is 35.5 Å². The number of carboxylic acids is 1. The van der Waals surface area contributed by atoms with Crippen LogP contribution in [-0.4, -0.2) is 22.0 Å². The van der Waals surface area contributed by atoms with Gasteiger partial charge in [0, 0.05) is 30.1 Å². The van der Waals surface area contributed by atoms with E-state index in [4.69, 9.17) is 13.9 Å². The Hall–Kier alpha value is -5.91. The maximum atomic E-state index is 12.8. The Morgan fingerprint density at radius 2 is 1.72 bits per heavy atom. The fourth-order valence-electron chi connectivity index (χ4n) is 6.02. The monoisotopic (exact) mass is 608 g/mol. The van der Waals surface area contributed by atoms with Crippen LogP contribution in [0.5, 0.6) is 17.2 Å². The van der Waals surface area contributed by atoms with Crippen LogP contribution in [0.1, 0.15) is 27.8 Å². The van der Waals surface area contributed by atoms with Crippen molar-refractivity contribution in [3.63, 3.8) is 0 Å². The second-order valence-electron chi connectivity index (χ2n) is 11.3. The van der Waals surface area contributed by atoms with Gasteiger partial charge < -0.3 is 19.0 Å². The van der Waals surface area contributed by atoms with E-state index in [1.807, 2.05) is 83.8 Å². The fraction of sp³-hybridized carbons (Fsp3) is 0.132. The number of ether oxygens (including phenoxy) is 2. The Balaban J connectivity index is 1.27. The van der Waals surface area contributed by atoms with Crippen LogP contribution >= 0.6 is 0 Å². The summed E-state index contributed by atoms with van der Waals surface area (Å²) in [5.41, 5.74) is 4.09. The van der Waals surface area contributed by atoms with Crippen LogP contribution in [-0.2, 0) is 30.9 Å². The molecule has 46 heavy (non-hydrogen) atoms. The number of carbonyl (C=O) groups is 1. The number of fused-ring (bicyclic) bond motifs is 4. The van der Waals surface area contributed by atoms with E-state index in [1.54, 1.807) is 24.3 Å². The summed E-state index contributed by atoms with van der Waals surface area (Å²) in [6, 6.07) is 34.7. The first kappa shape index (κ1) is 28.8. The summed E-state index contributed by atoms with van der Waals surface area (Å²) < 4.78 is 18.3. The van der Waals surface area contributed by atoms with Gasteiger partial charge in [-0.15, -0.1) is 0 Å². The molecule has 5 aromatic carbocycles. The highest BCUT2D eigenvalue weighted by atomic mass is 16.5. The SMILES string of the molecule is N#Cc1cccc(COc2ccc(CN3Cc4ccccc4CC3C(=O)O)c(Oc3cc(=O)oc4c3ccc3ccccc34)c2)c1. The van der Waals surface area contributed by atoms with Crippen molar-refractivity contribution >= 4 is 27.7 Å². The first-order chi connectivity index (χ1) is 22.4. The molecule has 8 heteroatoms. The Labute approximate surface area is 264 Å². The standard InChI is InChI=1S/C38H28N2O6/c39-20-24-6-5-7-25(16-24)23-44-30-14-12-29(22-40-21-28-10-2-1-9-27(28)17-33(40)38(42)43)34(18-30)45-35-19-36(41)46-37-31-11-4-3-8-26(31)13-15-32(35)37/h1-16,18-19,33H,17,21-23H2,(H,42,43). The lowest BCUT2D eigenvalue weighted by molar-refractivity contribution is -0.144. The largest absolute Gasteiger partial charge is 0.489 e. The van der Waals surface area contributed by atoms with E-state index >= 15 is 0 Å². The van der Waals surface area contributed by atoms with Gasteiger partial charge in [-0.2, -0.15) is 5.26 Å². The van der Waals surface area contributed by atoms with Crippen molar-refractivity contribution in [3.05, 3.63) is 147 Å². The third-order valence-electron chi connectivity index (χ3n) is 8.32. The molecule has 0 spiro atoms. The third kappa shape index (κ3) is 5.80. The zero-order chi connectivity index (χ0) is 31.6. The van der Waals surface area contributed by atoms with Crippen LogP contribution in [0.4, 0.5) is 0 Å². The van der Waals surface area contributed by atoms with Crippen molar-refractivity contribution < 1.29 is 23.8 Å². The Bertz CT molecular complexity index is 2220. The predicted octanol–water partition coefficient (Wildman–Crippen LogP) is 7.20. The summed E-state index contributed by atoms with van der Waals surface area (Å²) in [4.78, 5) is 27.1. The van der Waals surface area contributed by atoms with Crippen molar-refractivity contribution in [2.24, 2.45) is 0 Å². The predicted molar refractivity (Wildman–Crippen MR) is 173 cm³/mol. The summed E-state index contributed by atoms with van der Waals surface area (Å²) in [5, 5.41) is 21.8. The normalized spacial score (nSPS) is 14.5. The second-order valence-corrected chi connectivity index (χ2v) is 11.3. The van der Waals surface area contributed by atoms with Gasteiger partial charge >= 0.3 is 11.6 Å². The van der Waals surface area contributed by atoms with Crippen LogP contribution in [0.15, 0.2) is 118 Å². The molecule has 8 nitrogen and oxygen atoms in total. The minimum absolute atomic E-state index is 0.224. The Morgan fingerprint density at radius 3 is 2.57 bits per heavy atom. The molecule has 1 aliphatic rings. The smallest absolute Gasteiger partial charge is 0.339 e. The van der Waals surface area contributed by atoms with Crippen molar-refractivity contribution in [1.82, 2.24) is 4.90 Å². The highest BCUT2D eigenvalue weighted by Gasteiger charge is 2.32. The van der Waals surface area contributed by atoms with Gasteiger partial charge in [-0.3, -0.25) is 9.69 Å². The molecule has 1 N–H and O–H groups in total. The summed E-state index contributed by atoms with van der Waals surface area (Å²) in [5.74, 6) is 0.356. The number of rotatable bonds is 8. The summed E-state index contributed by atoms with van der Waals surface area (Å²) in [6.07, 6.45) is 0.391. The van der Waals surface area contributed by atoms with E-state index in [-0.39, 0.29) is 13.2 Å². The number of hydrogen-bond donors (Lipinski definition) is 1. The van der Waals surface area contributed by atoms with Gasteiger partial charge in [-0.05, 0) is 52.8 Å². The molecule has 0 amide bonds. The molecule has 6 aromatic rings. The number of hydrogen-bond acceptors (Lipinski definition) is 7. The molecule has 0 bridgehead atoms. The number of aliphatic carboxylic acids is 1. The van der Waals surface area contributed by atoms with Crippen molar-refractivity contribution in [3.8, 4) is 23.3 Å². The van der Waals surface area contributed by atoms with E-state index < -0.39 is 17.6 Å². The topological polar surface area (TPSA) is 113 Å². The highest BCUT2D eigenvalue weighted by molar-refractivity contribution is 6.05. The minimum Gasteiger partial charge on any atom is -0.489 e. The molecule has 0 radical (unpaired) electrons. The highest BCUT2D eigenvalue weighted by Crippen LogP contribution is 2.37. The molecule has 0 aliphatic carbocycles. The molecule has 1 aromatic heterocycles. The molecule has 0 fully saturated rings. The van der Waals surface area contributed by atoms with Gasteiger partial charge in [-0.1, -0.05) is 72.8 Å². The van der Waals surface area contributed by atoms with E-state index in [0.29, 0.717) is 46.7 Å². The molecule has 1 atom stereocenters. The van der Waals surface area contributed by atoms with Gasteiger partial charge in [0.15, 0.2) is 0 Å². The maximum absolute atomic E-state index is 12.8. The maximum Gasteiger partial charge on any atom is 0.339 e. The molecule has 2 heterocycles. The van der Waals surface area contributed by atoms with E-state index in [9.17, 15) is 20.0 Å². The quantitative estimate of drug-likeness (QED) is 0.143. The number of nitrogens with zero attached hydrogens (tertiary/aromatic N) is 2. The zero-order valence-corrected chi connectivity index (χ0v) is 24.7. The van der Waals surface area contributed by atoms with Crippen molar-refractivity contribution in [2.45, 2.75) is 32.2 Å². The first-order valence-electron chi connectivity index (χ1n) is 14.9. The molecule has 226 valence electrons. The summed E-state index contributed by atoms with van der Waals surface area (Å²) >= 11 is 0. The van der Waals surface area contributed by atoms with Gasteiger partial charge in [0.05, 0.1) is 23.1 Å². The zero-order valence-electron chi connectivity index (χ0n) is 24.7. The molecular formula is C38H28N2O6. The lowest BCUT2D eigenvalue weighted by atomic mass is 9.93. The summed E-state index contributed by atoms with van der Waals surface area (Å²) in [6.45, 7) is 0.972. The van der Waals surface area contributed by atoms with Crippen LogP contribution in [0.2, 0.25) is 0 Å². The average Bonchev–Trinajstić information content (AvgIpc) is 3.08. The lowest BCUT2D eigenvalue weighted by Gasteiger charge is -2.34. The Morgan fingerprint density at radius 1 is 0.891 bits per heavy atom. The minimum atomic E-state index is -0.893. The molecular weight excluding hydrogens is 580 g/mol. The number of carboxylic acid groups (broad SMARTS) is 1. The number of nitriles is 1. The molecule has 1 unspecified atom stereocenters. The fourth-order valence-corrected chi connectivity index (χ4v) is 6.02. The van der Waals surface area contributed by atoms with E-state index in [0.717, 1.165) is 33.0 Å². The second kappa shape index (κ2) is 12.2. The summed E-state index contributed by atoms with van der Waals surface area (Å²) in [7, 11) is 0. The van der Waals surface area contributed by atoms with Crippen LogP contribution < -0.4 is 15.1 Å². The average molecular weight is 609 g/mol. The van der Waals surface area contributed by atoms with Crippen LogP contribution in [0.25, 0.3) is 21.7 Å². The Kier molecular flexibility index (Phi) is 7.67. The number of benzene rings is 5. The van der Waals surface area contributed by atoms with Gasteiger partial charge in [0.2, 0.25) is 0 Å². The third-order valence-corrected chi connectivity index (χ3v) is 8.32. The van der Waals surface area contributed by atoms with Gasteiger partial charge in [0.25, 0.3) is 0 Å². The lowest BCUT2D eigenvalue weighted by Crippen LogP contribution is -2.45. The van der Waals surface area contributed by atoms with E-state index in [1.165, 1.54) is 6.07 Å². The molecule has 1 aliphatic heterocycles. The van der Waals surface area contributed by atoms with Crippen molar-refractivity contribution in [2.75, 3.05) is 0 Å². The van der Waals surface area contributed by atoms with Crippen LogP contribution in [0, 0.1) is 11.3 Å². The van der Waals surface area contributed by atoms with Crippen LogP contribution in [0.3, 0.4) is 0 Å². The van der Waals surface area contributed by atoms with Gasteiger partial charge in [-0.25, -0.2) is 4.79 Å². The molecule has 7 rings (SSSR count). The molecule has 0 saturated carbocycles. The first-order valence-corrected chi connectivity index (χ1v) is 14.9. The van der Waals surface area contributed by atoms with Crippen molar-refractivity contribution in [1.29, 1.82) is 5.26 Å². The van der Waals surface area contributed by atoms with E-state index in [2.05, 4.69) is 6.07 Å².